The van der Waals surface area contributed by atoms with Crippen LogP contribution >= 0.6 is 0 Å². The van der Waals surface area contributed by atoms with Gasteiger partial charge < -0.3 is 4.74 Å². The van der Waals surface area contributed by atoms with Crippen LogP contribution in [-0.2, 0) is 4.74 Å². The second kappa shape index (κ2) is 5.96. The van der Waals surface area contributed by atoms with E-state index in [2.05, 4.69) is 16.7 Å². The summed E-state index contributed by atoms with van der Waals surface area (Å²) in [5.74, 6) is -0.0590. The SMILES string of the molecule is C=c1c(C#N)c(C(=O)OCC)c2nc(C)nn12.CC. The molecule has 2 heterocycles. The highest BCUT2D eigenvalue weighted by atomic mass is 16.5. The molecule has 0 radical (unpaired) electrons. The number of carbonyl (C=O) groups is 1. The molecule has 0 spiro atoms. The summed E-state index contributed by atoms with van der Waals surface area (Å²) in [5, 5.41) is 13.5. The van der Waals surface area contributed by atoms with Crippen LogP contribution in [0, 0.1) is 18.3 Å². The van der Waals surface area contributed by atoms with Crippen molar-refractivity contribution < 1.29 is 9.53 Å². The van der Waals surface area contributed by atoms with Crippen molar-refractivity contribution in [3.63, 3.8) is 0 Å². The van der Waals surface area contributed by atoms with Gasteiger partial charge in [0.05, 0.1) is 17.5 Å². The van der Waals surface area contributed by atoms with E-state index < -0.39 is 5.97 Å². The Bertz CT molecular complexity index is 682. The number of rotatable bonds is 2. The van der Waals surface area contributed by atoms with Crippen LogP contribution in [0.4, 0.5) is 0 Å². The second-order valence-corrected chi connectivity index (χ2v) is 3.42. The van der Waals surface area contributed by atoms with Gasteiger partial charge in [0.25, 0.3) is 0 Å². The van der Waals surface area contributed by atoms with Crippen LogP contribution in [0.5, 0.6) is 0 Å². The molecule has 0 N–H and O–H groups in total. The van der Waals surface area contributed by atoms with Crippen molar-refractivity contribution in [2.24, 2.45) is 0 Å². The maximum absolute atomic E-state index is 11.8. The number of aryl methyl sites for hydroxylation is 1. The lowest BCUT2D eigenvalue weighted by molar-refractivity contribution is 0.0528. The van der Waals surface area contributed by atoms with Gasteiger partial charge in [0.15, 0.2) is 5.65 Å². The van der Waals surface area contributed by atoms with Crippen LogP contribution in [0.3, 0.4) is 0 Å². The molecule has 0 atom stereocenters. The molecule has 0 aliphatic rings. The Balaban J connectivity index is 0.000000861. The molecule has 0 unspecified atom stereocenters. The van der Waals surface area contributed by atoms with Crippen molar-refractivity contribution in [1.82, 2.24) is 14.6 Å². The molecule has 0 fully saturated rings. The number of esters is 1. The van der Waals surface area contributed by atoms with Gasteiger partial charge in [0.2, 0.25) is 0 Å². The van der Waals surface area contributed by atoms with E-state index >= 15 is 0 Å². The summed E-state index contributed by atoms with van der Waals surface area (Å²) >= 11 is 0. The molecule has 6 nitrogen and oxygen atoms in total. The molecular formula is C13H16N4O2. The van der Waals surface area contributed by atoms with E-state index in [0.717, 1.165) is 0 Å². The summed E-state index contributed by atoms with van der Waals surface area (Å²) in [4.78, 5) is 15.9. The van der Waals surface area contributed by atoms with E-state index in [1.165, 1.54) is 4.52 Å². The lowest BCUT2D eigenvalue weighted by Crippen LogP contribution is -2.12. The van der Waals surface area contributed by atoms with Gasteiger partial charge in [0, 0.05) is 0 Å². The number of nitriles is 1. The van der Waals surface area contributed by atoms with E-state index in [-0.39, 0.29) is 17.7 Å². The first kappa shape index (κ1) is 14.6. The summed E-state index contributed by atoms with van der Waals surface area (Å²) in [5.41, 5.74) is 0.626. The first-order valence-electron chi connectivity index (χ1n) is 6.05. The Morgan fingerprint density at radius 1 is 1.53 bits per heavy atom. The first-order chi connectivity index (χ1) is 9.10. The first-order valence-corrected chi connectivity index (χ1v) is 6.05. The normalized spacial score (nSPS) is 9.63. The molecule has 0 aliphatic carbocycles. The van der Waals surface area contributed by atoms with Crippen molar-refractivity contribution in [2.45, 2.75) is 27.7 Å². The van der Waals surface area contributed by atoms with Crippen molar-refractivity contribution >= 4 is 18.2 Å². The lowest BCUT2D eigenvalue weighted by Gasteiger charge is -1.98. The summed E-state index contributed by atoms with van der Waals surface area (Å²) in [6.45, 7) is 11.4. The van der Waals surface area contributed by atoms with Crippen molar-refractivity contribution in [2.75, 3.05) is 6.61 Å². The number of nitrogens with zero attached hydrogens (tertiary/aromatic N) is 4. The van der Waals surface area contributed by atoms with Gasteiger partial charge in [-0.05, 0) is 13.8 Å². The topological polar surface area (TPSA) is 80.3 Å². The fraction of sp³-hybridized carbons (Fsp3) is 0.385. The van der Waals surface area contributed by atoms with E-state index in [4.69, 9.17) is 10.00 Å². The highest BCUT2D eigenvalue weighted by molar-refractivity contribution is 5.99. The summed E-state index contributed by atoms with van der Waals surface area (Å²) in [6, 6.07) is 1.93. The number of hydrogen-bond acceptors (Lipinski definition) is 5. The van der Waals surface area contributed by atoms with Crippen molar-refractivity contribution in [3.8, 4) is 6.07 Å². The van der Waals surface area contributed by atoms with E-state index in [0.29, 0.717) is 16.8 Å². The van der Waals surface area contributed by atoms with Crippen LogP contribution in [0.15, 0.2) is 0 Å². The number of aromatic nitrogens is 3. The maximum Gasteiger partial charge on any atom is 0.343 e. The minimum Gasteiger partial charge on any atom is -0.462 e. The second-order valence-electron chi connectivity index (χ2n) is 3.42. The van der Waals surface area contributed by atoms with Crippen LogP contribution in [0.1, 0.15) is 42.5 Å². The zero-order valence-electron chi connectivity index (χ0n) is 11.5. The van der Waals surface area contributed by atoms with Crippen molar-refractivity contribution in [1.29, 1.82) is 5.26 Å². The van der Waals surface area contributed by atoms with Gasteiger partial charge in [0.1, 0.15) is 17.5 Å². The summed E-state index contributed by atoms with van der Waals surface area (Å²) in [7, 11) is 0. The van der Waals surface area contributed by atoms with Gasteiger partial charge in [-0.15, -0.1) is 0 Å². The van der Waals surface area contributed by atoms with E-state index in [1.54, 1.807) is 13.8 Å². The molecule has 19 heavy (non-hydrogen) atoms. The average molecular weight is 260 g/mol. The molecule has 6 heteroatoms. The minimum atomic E-state index is -0.573. The van der Waals surface area contributed by atoms with Gasteiger partial charge in [-0.2, -0.15) is 10.4 Å². The molecule has 2 aromatic heterocycles. The van der Waals surface area contributed by atoms with Gasteiger partial charge in [-0.3, -0.25) is 0 Å². The molecule has 0 aromatic carbocycles. The Labute approximate surface area is 111 Å². The smallest absolute Gasteiger partial charge is 0.343 e. The number of hydrogen-bond donors (Lipinski definition) is 0. The predicted octanol–water partition coefficient (Wildman–Crippen LogP) is 1.24. The number of carbonyl (C=O) groups excluding carboxylic acids is 1. The average Bonchev–Trinajstić information content (AvgIpc) is 2.89. The van der Waals surface area contributed by atoms with E-state index in [1.807, 2.05) is 19.9 Å². The van der Waals surface area contributed by atoms with Crippen LogP contribution in [0.2, 0.25) is 0 Å². The summed E-state index contributed by atoms with van der Waals surface area (Å²) < 4.78 is 6.29. The molecule has 0 amide bonds. The standard InChI is InChI=1S/C11H10N4O2.C2H6/c1-4-17-11(16)9-8(5-12)6(2)15-10(9)13-7(3)14-15;1-2/h2,4H2,1,3H3;1-2H3. The third-order valence-corrected chi connectivity index (χ3v) is 2.32. The Morgan fingerprint density at radius 2 is 2.16 bits per heavy atom. The molecular weight excluding hydrogens is 244 g/mol. The monoisotopic (exact) mass is 260 g/mol. The van der Waals surface area contributed by atoms with E-state index in [9.17, 15) is 4.79 Å². The molecule has 0 bridgehead atoms. The van der Waals surface area contributed by atoms with Gasteiger partial charge >= 0.3 is 5.97 Å². The fourth-order valence-electron chi connectivity index (χ4n) is 1.64. The number of fused-ring (bicyclic) bond motifs is 1. The third kappa shape index (κ3) is 2.40. The van der Waals surface area contributed by atoms with Crippen LogP contribution in [0.25, 0.3) is 12.2 Å². The zero-order chi connectivity index (χ0) is 14.6. The predicted molar refractivity (Wildman–Crippen MR) is 70.5 cm³/mol. The van der Waals surface area contributed by atoms with Gasteiger partial charge in [-0.25, -0.2) is 14.3 Å². The quantitative estimate of drug-likeness (QED) is 0.759. The molecule has 100 valence electrons. The molecule has 0 saturated heterocycles. The maximum atomic E-state index is 11.8. The van der Waals surface area contributed by atoms with Crippen LogP contribution in [-0.4, -0.2) is 27.2 Å². The highest BCUT2D eigenvalue weighted by Gasteiger charge is 2.23. The highest BCUT2D eigenvalue weighted by Crippen LogP contribution is 2.13. The lowest BCUT2D eigenvalue weighted by atomic mass is 10.2. The molecule has 0 saturated carbocycles. The minimum absolute atomic E-state index is 0.139. The molecule has 0 aliphatic heterocycles. The Morgan fingerprint density at radius 3 is 2.68 bits per heavy atom. The summed E-state index contributed by atoms with van der Waals surface area (Å²) in [6.07, 6.45) is 0. The number of ether oxygens (including phenoxy) is 1. The Hall–Kier alpha value is -2.42. The Kier molecular flexibility index (Phi) is 4.59. The molecule has 2 aromatic rings. The fourth-order valence-corrected chi connectivity index (χ4v) is 1.64. The largest absolute Gasteiger partial charge is 0.462 e. The third-order valence-electron chi connectivity index (χ3n) is 2.32. The molecule has 2 rings (SSSR count). The van der Waals surface area contributed by atoms with Gasteiger partial charge in [-0.1, -0.05) is 20.4 Å². The zero-order valence-corrected chi connectivity index (χ0v) is 11.5. The van der Waals surface area contributed by atoms with Crippen molar-refractivity contribution in [3.05, 3.63) is 22.3 Å². The van der Waals surface area contributed by atoms with Crippen LogP contribution < -0.4 is 5.35 Å².